The van der Waals surface area contributed by atoms with E-state index in [4.69, 9.17) is 14.2 Å². The van der Waals surface area contributed by atoms with Gasteiger partial charge in [-0.15, -0.1) is 0 Å². The quantitative estimate of drug-likeness (QED) is 0.0224. The molecule has 3 aromatic carbocycles. The zero-order valence-corrected chi connectivity index (χ0v) is 45.6. The van der Waals surface area contributed by atoms with Crippen LogP contribution in [0.2, 0.25) is 0 Å². The number of likely N-dealkylation sites (N-methyl/N-ethyl adjacent to an activating group) is 2. The summed E-state index contributed by atoms with van der Waals surface area (Å²) in [7, 11) is 5.94. The van der Waals surface area contributed by atoms with E-state index in [0.29, 0.717) is 95.6 Å². The number of anilines is 1. The minimum atomic E-state index is -1.39. The van der Waals surface area contributed by atoms with Gasteiger partial charge < -0.3 is 70.1 Å². The van der Waals surface area contributed by atoms with Gasteiger partial charge in [0.25, 0.3) is 5.91 Å². The molecule has 0 spiro atoms. The van der Waals surface area contributed by atoms with Crippen molar-refractivity contribution in [1.29, 1.82) is 0 Å². The maximum absolute atomic E-state index is 13.4. The number of carbonyl (C=O) groups excluding carboxylic acids is 2. The summed E-state index contributed by atoms with van der Waals surface area (Å²) in [6.07, 6.45) is 5.01. The highest BCUT2D eigenvalue weighted by molar-refractivity contribution is 5.97. The number of hydrogen-bond acceptors (Lipinski definition) is 17. The number of imidazole rings is 1. The number of aliphatic carboxylic acids is 1. The van der Waals surface area contributed by atoms with Gasteiger partial charge in [0.05, 0.1) is 38.5 Å². The first-order valence-corrected chi connectivity index (χ1v) is 27.0. The maximum atomic E-state index is 13.4. The topological polar surface area (TPSA) is 263 Å². The van der Waals surface area contributed by atoms with E-state index in [0.717, 1.165) is 86.6 Å². The molecule has 22 nitrogen and oxygen atoms in total. The maximum Gasteiger partial charge on any atom is 0.322 e. The van der Waals surface area contributed by atoms with Gasteiger partial charge in [-0.2, -0.15) is 0 Å². The predicted octanol–water partition coefficient (Wildman–Crippen LogP) is 1.34. The Hall–Kier alpha value is -6.15. The van der Waals surface area contributed by atoms with Crippen molar-refractivity contribution in [2.24, 2.45) is 7.05 Å². The van der Waals surface area contributed by atoms with Crippen molar-refractivity contribution in [3.05, 3.63) is 118 Å². The van der Waals surface area contributed by atoms with Crippen LogP contribution in [0.5, 0.6) is 0 Å². The number of carbonyl (C=O) groups is 3. The Balaban J connectivity index is 0.770. The number of nitrogens with one attached hydrogen (secondary N) is 6. The number of hydrogen-bond donors (Lipinski definition) is 9. The van der Waals surface area contributed by atoms with Gasteiger partial charge in [-0.3, -0.25) is 34.3 Å². The van der Waals surface area contributed by atoms with Crippen molar-refractivity contribution in [2.75, 3.05) is 144 Å². The van der Waals surface area contributed by atoms with Crippen molar-refractivity contribution < 1.29 is 43.9 Å². The van der Waals surface area contributed by atoms with Crippen LogP contribution in [0, 0.1) is 0 Å². The van der Waals surface area contributed by atoms with Crippen LogP contribution in [0.4, 0.5) is 5.95 Å². The Kier molecular flexibility index (Phi) is 26.1. The van der Waals surface area contributed by atoms with E-state index in [1.165, 1.54) is 6.20 Å². The lowest BCUT2D eigenvalue weighted by molar-refractivity contribution is -0.139. The molecule has 2 aromatic heterocycles. The minimum Gasteiger partial charge on any atom is -0.480 e. The van der Waals surface area contributed by atoms with Crippen molar-refractivity contribution in [1.82, 2.24) is 55.4 Å². The van der Waals surface area contributed by atoms with E-state index in [1.807, 2.05) is 41.3 Å². The highest BCUT2D eigenvalue weighted by Gasteiger charge is 2.22. The number of aliphatic hydroxyl groups is 2. The normalized spacial score (nSPS) is 15.0. The molecule has 1 atom stereocenters. The number of β-amino-alcohol motifs (C(OH)–C–C–N with tert-alkyl or cyclic N) is 2. The van der Waals surface area contributed by atoms with Gasteiger partial charge in [-0.25, -0.2) is 4.98 Å². The number of aromatic nitrogens is 3. The lowest BCUT2D eigenvalue weighted by Crippen LogP contribution is -2.48. The summed E-state index contributed by atoms with van der Waals surface area (Å²) in [5, 5.41) is 44.8. The number of pyridine rings is 1. The van der Waals surface area contributed by atoms with Crippen LogP contribution in [0.3, 0.4) is 0 Å². The van der Waals surface area contributed by atoms with E-state index in [-0.39, 0.29) is 31.1 Å². The number of aromatic amines is 1. The van der Waals surface area contributed by atoms with Gasteiger partial charge in [-0.1, -0.05) is 54.6 Å². The Morgan fingerprint density at radius 2 is 1.27 bits per heavy atom. The van der Waals surface area contributed by atoms with Gasteiger partial charge in [0.2, 0.25) is 11.3 Å². The second-order valence-electron chi connectivity index (χ2n) is 19.7. The van der Waals surface area contributed by atoms with Crippen molar-refractivity contribution in [3.8, 4) is 11.1 Å². The van der Waals surface area contributed by atoms with Gasteiger partial charge in [0.15, 0.2) is 12.2 Å². The van der Waals surface area contributed by atoms with Crippen LogP contribution in [0.25, 0.3) is 22.0 Å². The summed E-state index contributed by atoms with van der Waals surface area (Å²) in [6, 6.07) is 20.5. The third kappa shape index (κ3) is 21.6. The average Bonchev–Trinajstić information content (AvgIpc) is 3.99. The number of H-pyrrole nitrogens is 1. The number of nitrogens with zero attached hydrogens (tertiary/aromatic N) is 6. The minimum absolute atomic E-state index is 0.0285. The summed E-state index contributed by atoms with van der Waals surface area (Å²) in [5.41, 5.74) is 5.19. The van der Waals surface area contributed by atoms with Crippen LogP contribution < -0.4 is 32.0 Å². The molecule has 0 radical (unpaired) electrons. The number of amides is 2. The molecular weight excluding hydrogens is 1000 g/mol. The first-order valence-electron chi connectivity index (χ1n) is 27.0. The number of aryl methyl sites for hydroxylation is 1. The van der Waals surface area contributed by atoms with Crippen LogP contribution >= 0.6 is 0 Å². The Bertz CT molecular complexity index is 2620. The van der Waals surface area contributed by atoms with Crippen LogP contribution in [0.1, 0.15) is 39.9 Å². The number of benzene rings is 3. The van der Waals surface area contributed by atoms with Gasteiger partial charge in [0.1, 0.15) is 11.6 Å². The van der Waals surface area contributed by atoms with E-state index in [9.17, 15) is 34.5 Å². The fraction of sp³-hybridized carbons (Fsp3) is 0.518. The molecule has 5 aromatic rings. The molecule has 9 N–H and O–H groups in total. The van der Waals surface area contributed by atoms with Crippen molar-refractivity contribution in [3.63, 3.8) is 0 Å². The van der Waals surface area contributed by atoms with Crippen LogP contribution in [-0.2, 0) is 50.5 Å². The second kappa shape index (κ2) is 33.3. The zero-order valence-electron chi connectivity index (χ0n) is 45.6. The smallest absolute Gasteiger partial charge is 0.322 e. The summed E-state index contributed by atoms with van der Waals surface area (Å²) in [4.78, 5) is 67.4. The number of carboxylic acid groups (broad SMARTS) is 1. The second-order valence-corrected chi connectivity index (χ2v) is 19.7. The molecule has 78 heavy (non-hydrogen) atoms. The average molecular weight is 1080 g/mol. The van der Waals surface area contributed by atoms with Crippen LogP contribution in [0.15, 0.2) is 90.1 Å². The summed E-state index contributed by atoms with van der Waals surface area (Å²) < 4.78 is 18.8. The Morgan fingerprint density at radius 3 is 1.90 bits per heavy atom. The van der Waals surface area contributed by atoms with E-state index < -0.39 is 29.6 Å². The third-order valence-corrected chi connectivity index (χ3v) is 13.5. The monoisotopic (exact) mass is 1080 g/mol. The molecule has 1 aliphatic heterocycles. The molecule has 0 bridgehead atoms. The lowest BCUT2D eigenvalue weighted by atomic mass is 10.0. The van der Waals surface area contributed by atoms with Crippen molar-refractivity contribution >= 4 is 34.6 Å². The lowest BCUT2D eigenvalue weighted by Gasteiger charge is -2.32. The molecular formula is C56H82N12O10. The Morgan fingerprint density at radius 1 is 0.692 bits per heavy atom. The van der Waals surface area contributed by atoms with E-state index >= 15 is 0 Å². The molecule has 6 rings (SSSR count). The molecule has 1 fully saturated rings. The van der Waals surface area contributed by atoms with Crippen molar-refractivity contribution in [2.45, 2.75) is 44.8 Å². The number of ether oxygens (including phenoxy) is 3. The van der Waals surface area contributed by atoms with Crippen LogP contribution in [-0.4, -0.2) is 218 Å². The molecule has 0 aliphatic carbocycles. The molecule has 2 amide bonds. The molecule has 1 unspecified atom stereocenters. The predicted molar refractivity (Wildman–Crippen MR) is 300 cm³/mol. The number of rotatable bonds is 31. The molecule has 426 valence electrons. The largest absolute Gasteiger partial charge is 0.480 e. The molecule has 3 heterocycles. The summed E-state index contributed by atoms with van der Waals surface area (Å²) >= 11 is 0. The molecule has 22 heteroatoms. The van der Waals surface area contributed by atoms with Gasteiger partial charge in [0, 0.05) is 136 Å². The SMILES string of the molecule is CN1CCN(C)CCN(CC(O)O)CCN(CC(=O)NCCCOCCOCCOCCCNCc2ccc(-c3ccc(CNC(CNC(=O)c4cn(C)c5cc(CNc6ncc[nH]6)ccc5c4=O)C(=O)O)cc3)cc2)CC1. The molecule has 1 aliphatic rings. The number of aliphatic hydroxyl groups excluding tert-OH is 1. The van der Waals surface area contributed by atoms with Gasteiger partial charge >= 0.3 is 5.97 Å². The first-order chi connectivity index (χ1) is 37.8. The highest BCUT2D eigenvalue weighted by Crippen LogP contribution is 2.21. The summed E-state index contributed by atoms with van der Waals surface area (Å²) in [5.74, 6) is -1.17. The molecule has 0 saturated carbocycles. The highest BCUT2D eigenvalue weighted by atomic mass is 16.5. The fourth-order valence-electron chi connectivity index (χ4n) is 8.76. The summed E-state index contributed by atoms with van der Waals surface area (Å²) in [6.45, 7) is 12.5. The number of carboxylic acids is 1. The Labute approximate surface area is 457 Å². The first kappa shape index (κ1) is 61.1. The fourth-order valence-corrected chi connectivity index (χ4v) is 8.76. The number of fused-ring (bicyclic) bond motifs is 1. The third-order valence-electron chi connectivity index (χ3n) is 13.5. The zero-order chi connectivity index (χ0) is 55.5. The standard InChI is InChI=1S/C56H82N12O10/c1-64-20-21-65(2)23-25-68(41-52(70)71)27-26-67(24-22-64)40-51(69)58-17-5-29-77-31-33-78-32-30-76-28-4-16-57-35-42-6-11-45(12-7-42)46-13-8-43(9-14-46)36-61-49(55(74)75)38-62-54(73)48-39-66(3)50-34-44(10-15-47(50)53(48)72)37-63-56-59-18-19-60-56/h6-15,18-19,34,39,49,52,57,61,70-71H,4-5,16-17,20-33,35-38,40-41H2,1-3H3,(H,58,69)(H,62,73)(H,74,75)(H2,59,60,63). The molecule has 1 saturated heterocycles. The van der Waals surface area contributed by atoms with Gasteiger partial charge in [-0.05, 0) is 73.4 Å². The van der Waals surface area contributed by atoms with E-state index in [2.05, 4.69) is 89.6 Å². The van der Waals surface area contributed by atoms with E-state index in [1.54, 1.807) is 30.1 Å².